The number of nitrogens with zero attached hydrogens (tertiary/aromatic N) is 1. The molecule has 0 aliphatic heterocycles. The average Bonchev–Trinajstić information content (AvgIpc) is 2.26. The maximum Gasteiger partial charge on any atom is 0.339 e. The Labute approximate surface area is 93.4 Å². The van der Waals surface area contributed by atoms with Gasteiger partial charge in [0.05, 0.1) is 17.7 Å². The Balaban J connectivity index is 3.10. The van der Waals surface area contributed by atoms with Crippen molar-refractivity contribution in [3.05, 3.63) is 45.8 Å². The molecule has 0 heterocycles. The third-order valence-corrected chi connectivity index (χ3v) is 2.39. The van der Waals surface area contributed by atoms with E-state index in [-0.39, 0.29) is 6.04 Å². The lowest BCUT2D eigenvalue weighted by Crippen LogP contribution is -2.02. The summed E-state index contributed by atoms with van der Waals surface area (Å²) in [4.78, 5) is 14.6. The molecule has 1 aromatic carbocycles. The van der Waals surface area contributed by atoms with Crippen LogP contribution >= 0.6 is 11.6 Å². The van der Waals surface area contributed by atoms with Crippen molar-refractivity contribution in [3.8, 4) is 0 Å². The second kappa shape index (κ2) is 4.81. The number of carbonyl (C=O) groups excluding carboxylic acids is 1. The molecule has 0 amide bonds. The first-order valence-electron chi connectivity index (χ1n) is 4.34. The van der Waals surface area contributed by atoms with E-state index < -0.39 is 5.97 Å². The van der Waals surface area contributed by atoms with Crippen molar-refractivity contribution >= 4 is 17.6 Å². The van der Waals surface area contributed by atoms with Crippen LogP contribution in [-0.4, -0.2) is 13.1 Å². The van der Waals surface area contributed by atoms with Gasteiger partial charge >= 0.3 is 5.97 Å². The predicted molar refractivity (Wildman–Crippen MR) is 57.8 cm³/mol. The average molecular weight is 224 g/mol. The minimum atomic E-state index is -0.470. The summed E-state index contributed by atoms with van der Waals surface area (Å²) in [6, 6.07) is 4.65. The lowest BCUT2D eigenvalue weighted by molar-refractivity contribution is 0.0601. The Morgan fingerprint density at radius 1 is 1.60 bits per heavy atom. The molecule has 78 valence electrons. The number of esters is 1. The van der Waals surface area contributed by atoms with Gasteiger partial charge in [-0.15, -0.1) is 0 Å². The first kappa shape index (κ1) is 11.5. The van der Waals surface area contributed by atoms with Crippen LogP contribution in [0.4, 0.5) is 0 Å². The van der Waals surface area contributed by atoms with Crippen molar-refractivity contribution in [1.29, 1.82) is 0 Å². The molecule has 3 nitrogen and oxygen atoms in total. The number of benzene rings is 1. The standard InChI is InChI=1S/C11H10ClNO2/c1-7(13-2)8-4-5-9(10(12)6-8)11(14)15-3/h4-7H,1,3H3. The van der Waals surface area contributed by atoms with Crippen LogP contribution in [0.25, 0.3) is 4.85 Å². The van der Waals surface area contributed by atoms with Crippen LogP contribution in [0.15, 0.2) is 18.2 Å². The number of hydrogen-bond acceptors (Lipinski definition) is 2. The van der Waals surface area contributed by atoms with E-state index in [9.17, 15) is 4.79 Å². The predicted octanol–water partition coefficient (Wildman–Crippen LogP) is 3.11. The van der Waals surface area contributed by atoms with Gasteiger partial charge in [0.15, 0.2) is 0 Å². The first-order chi connectivity index (χ1) is 7.10. The SMILES string of the molecule is [C-]#[N+]C(C)c1ccc(C(=O)OC)c(Cl)c1. The van der Waals surface area contributed by atoms with Crippen molar-refractivity contribution in [3.63, 3.8) is 0 Å². The highest BCUT2D eigenvalue weighted by Crippen LogP contribution is 2.24. The van der Waals surface area contributed by atoms with E-state index in [1.807, 2.05) is 0 Å². The van der Waals surface area contributed by atoms with Gasteiger partial charge in [-0.2, -0.15) is 0 Å². The molecule has 0 radical (unpaired) electrons. The molecule has 1 unspecified atom stereocenters. The highest BCUT2D eigenvalue weighted by atomic mass is 35.5. The largest absolute Gasteiger partial charge is 0.465 e. The molecular formula is C11H10ClNO2. The highest BCUT2D eigenvalue weighted by Gasteiger charge is 2.14. The third kappa shape index (κ3) is 2.48. The monoisotopic (exact) mass is 223 g/mol. The van der Waals surface area contributed by atoms with Crippen LogP contribution < -0.4 is 0 Å². The molecule has 1 atom stereocenters. The zero-order chi connectivity index (χ0) is 11.4. The van der Waals surface area contributed by atoms with E-state index in [0.717, 1.165) is 5.56 Å². The van der Waals surface area contributed by atoms with Crippen LogP contribution in [0.1, 0.15) is 28.9 Å². The maximum absolute atomic E-state index is 11.2. The second-order valence-corrected chi connectivity index (χ2v) is 3.44. The Hall–Kier alpha value is -1.53. The van der Waals surface area contributed by atoms with E-state index in [1.165, 1.54) is 7.11 Å². The van der Waals surface area contributed by atoms with E-state index in [1.54, 1.807) is 25.1 Å². The van der Waals surface area contributed by atoms with Gasteiger partial charge in [-0.25, -0.2) is 11.4 Å². The summed E-state index contributed by atoms with van der Waals surface area (Å²) in [7, 11) is 1.30. The lowest BCUT2D eigenvalue weighted by atomic mass is 10.1. The number of methoxy groups -OCH3 is 1. The lowest BCUT2D eigenvalue weighted by Gasteiger charge is -2.04. The van der Waals surface area contributed by atoms with Crippen LogP contribution in [0, 0.1) is 6.57 Å². The van der Waals surface area contributed by atoms with E-state index in [2.05, 4.69) is 9.58 Å². The van der Waals surface area contributed by atoms with Crippen LogP contribution in [0.5, 0.6) is 0 Å². The molecule has 0 fully saturated rings. The summed E-state index contributed by atoms with van der Waals surface area (Å²) in [5.74, 6) is -0.470. The fourth-order valence-electron chi connectivity index (χ4n) is 1.14. The smallest absolute Gasteiger partial charge is 0.339 e. The molecule has 0 N–H and O–H groups in total. The van der Waals surface area contributed by atoms with Gasteiger partial charge in [0.1, 0.15) is 0 Å². The van der Waals surface area contributed by atoms with Crippen molar-refractivity contribution in [2.45, 2.75) is 13.0 Å². The number of hydrogen-bond donors (Lipinski definition) is 0. The fourth-order valence-corrected chi connectivity index (χ4v) is 1.41. The van der Waals surface area contributed by atoms with Gasteiger partial charge in [0.25, 0.3) is 0 Å². The fraction of sp³-hybridized carbons (Fsp3) is 0.273. The van der Waals surface area contributed by atoms with Gasteiger partial charge in [-0.3, -0.25) is 0 Å². The molecule has 0 saturated carbocycles. The second-order valence-electron chi connectivity index (χ2n) is 3.04. The summed E-state index contributed by atoms with van der Waals surface area (Å²) < 4.78 is 4.56. The molecule has 1 aromatic rings. The van der Waals surface area contributed by atoms with Crippen LogP contribution in [0.2, 0.25) is 5.02 Å². The van der Waals surface area contributed by atoms with E-state index >= 15 is 0 Å². The molecule has 1 rings (SSSR count). The number of rotatable bonds is 2. The van der Waals surface area contributed by atoms with Crippen LogP contribution in [0.3, 0.4) is 0 Å². The number of halogens is 1. The van der Waals surface area contributed by atoms with Gasteiger partial charge < -0.3 is 9.58 Å². The summed E-state index contributed by atoms with van der Waals surface area (Å²) in [6.07, 6.45) is 0. The Morgan fingerprint density at radius 2 is 2.27 bits per heavy atom. The van der Waals surface area contributed by atoms with Crippen molar-refractivity contribution < 1.29 is 9.53 Å². The molecule has 0 aliphatic carbocycles. The third-order valence-electron chi connectivity index (χ3n) is 2.07. The zero-order valence-corrected chi connectivity index (χ0v) is 9.21. The van der Waals surface area contributed by atoms with Gasteiger partial charge in [0, 0.05) is 12.5 Å². The quantitative estimate of drug-likeness (QED) is 0.570. The number of ether oxygens (including phenoxy) is 1. The van der Waals surface area contributed by atoms with Crippen molar-refractivity contribution in [2.24, 2.45) is 0 Å². The molecule has 4 heteroatoms. The molecule has 0 bridgehead atoms. The zero-order valence-electron chi connectivity index (χ0n) is 8.45. The topological polar surface area (TPSA) is 30.7 Å². The first-order valence-corrected chi connectivity index (χ1v) is 4.72. The summed E-state index contributed by atoms with van der Waals surface area (Å²) in [6.45, 7) is 8.66. The van der Waals surface area contributed by atoms with E-state index in [0.29, 0.717) is 10.6 Å². The molecular weight excluding hydrogens is 214 g/mol. The molecule has 0 spiro atoms. The summed E-state index contributed by atoms with van der Waals surface area (Å²) in [5, 5.41) is 0.315. The summed E-state index contributed by atoms with van der Waals surface area (Å²) in [5.41, 5.74) is 1.11. The Morgan fingerprint density at radius 3 is 2.73 bits per heavy atom. The van der Waals surface area contributed by atoms with E-state index in [4.69, 9.17) is 18.2 Å². The normalized spacial score (nSPS) is 11.6. The molecule has 0 aromatic heterocycles. The Kier molecular flexibility index (Phi) is 3.70. The molecule has 0 aliphatic rings. The molecule has 15 heavy (non-hydrogen) atoms. The van der Waals surface area contributed by atoms with Crippen molar-refractivity contribution in [2.75, 3.05) is 7.11 Å². The number of carbonyl (C=O) groups is 1. The maximum atomic E-state index is 11.2. The van der Waals surface area contributed by atoms with Gasteiger partial charge in [0.2, 0.25) is 6.04 Å². The minimum Gasteiger partial charge on any atom is -0.465 e. The Bertz CT molecular complexity index is 423. The minimum absolute atomic E-state index is 0.255. The molecule has 0 saturated heterocycles. The van der Waals surface area contributed by atoms with Gasteiger partial charge in [-0.1, -0.05) is 17.7 Å². The summed E-state index contributed by atoms with van der Waals surface area (Å²) >= 11 is 5.90. The van der Waals surface area contributed by atoms with Crippen molar-refractivity contribution in [1.82, 2.24) is 0 Å². The highest BCUT2D eigenvalue weighted by molar-refractivity contribution is 6.33. The van der Waals surface area contributed by atoms with Crippen LogP contribution in [-0.2, 0) is 4.74 Å². The van der Waals surface area contributed by atoms with Gasteiger partial charge in [-0.05, 0) is 12.1 Å².